The molecule has 1 aliphatic carbocycles. The fourth-order valence-electron chi connectivity index (χ4n) is 2.59. The molecule has 0 aliphatic heterocycles. The van der Waals surface area contributed by atoms with Crippen LogP contribution in [0.25, 0.3) is 10.8 Å². The Morgan fingerprint density at radius 2 is 1.95 bits per heavy atom. The summed E-state index contributed by atoms with van der Waals surface area (Å²) in [6.07, 6.45) is 2.52. The minimum absolute atomic E-state index is 0.409. The highest BCUT2D eigenvalue weighted by atomic mass is 16.5. The predicted octanol–water partition coefficient (Wildman–Crippen LogP) is 2.92. The Kier molecular flexibility index (Phi) is 3.34. The van der Waals surface area contributed by atoms with Crippen molar-refractivity contribution in [2.75, 3.05) is 11.9 Å². The van der Waals surface area contributed by atoms with Crippen LogP contribution in [0.1, 0.15) is 25.5 Å². The monoisotopic (exact) mass is 257 g/mol. The van der Waals surface area contributed by atoms with Crippen LogP contribution in [0.5, 0.6) is 0 Å². The van der Waals surface area contributed by atoms with Gasteiger partial charge in [0.05, 0.1) is 11.8 Å². The van der Waals surface area contributed by atoms with Crippen LogP contribution in [-0.4, -0.2) is 29.0 Å². The van der Waals surface area contributed by atoms with E-state index < -0.39 is 0 Å². The van der Waals surface area contributed by atoms with Gasteiger partial charge >= 0.3 is 0 Å². The SMILES string of the molecule is CCOC1CC(Nc2nnc(C)c3ccccc23)C1. The highest BCUT2D eigenvalue weighted by molar-refractivity contribution is 5.92. The van der Waals surface area contributed by atoms with Crippen LogP contribution in [0.2, 0.25) is 0 Å². The summed E-state index contributed by atoms with van der Waals surface area (Å²) in [6, 6.07) is 8.72. The third-order valence-electron chi connectivity index (χ3n) is 3.71. The summed E-state index contributed by atoms with van der Waals surface area (Å²) < 4.78 is 5.58. The number of hydrogen-bond donors (Lipinski definition) is 1. The van der Waals surface area contributed by atoms with Crippen molar-refractivity contribution in [3.05, 3.63) is 30.0 Å². The Morgan fingerprint density at radius 1 is 1.21 bits per heavy atom. The van der Waals surface area contributed by atoms with Crippen molar-refractivity contribution < 1.29 is 4.74 Å². The molecule has 4 nitrogen and oxygen atoms in total. The van der Waals surface area contributed by atoms with E-state index in [4.69, 9.17) is 4.74 Å². The van der Waals surface area contributed by atoms with Gasteiger partial charge in [0.25, 0.3) is 0 Å². The van der Waals surface area contributed by atoms with E-state index >= 15 is 0 Å². The molecule has 1 heterocycles. The van der Waals surface area contributed by atoms with Gasteiger partial charge in [0.1, 0.15) is 0 Å². The van der Waals surface area contributed by atoms with Crippen molar-refractivity contribution in [1.82, 2.24) is 10.2 Å². The van der Waals surface area contributed by atoms with Gasteiger partial charge in [-0.2, -0.15) is 5.10 Å². The number of aryl methyl sites for hydroxylation is 1. The molecule has 1 aromatic heterocycles. The molecule has 4 heteroatoms. The third-order valence-corrected chi connectivity index (χ3v) is 3.71. The molecule has 0 radical (unpaired) electrons. The smallest absolute Gasteiger partial charge is 0.156 e. The van der Waals surface area contributed by atoms with Crippen LogP contribution in [0.4, 0.5) is 5.82 Å². The maximum atomic E-state index is 5.58. The fraction of sp³-hybridized carbons (Fsp3) is 0.467. The van der Waals surface area contributed by atoms with Gasteiger partial charge in [0.15, 0.2) is 5.82 Å². The molecule has 0 unspecified atom stereocenters. The summed E-state index contributed by atoms with van der Waals surface area (Å²) in [4.78, 5) is 0. The third kappa shape index (κ3) is 2.40. The Morgan fingerprint density at radius 3 is 2.68 bits per heavy atom. The summed E-state index contributed by atoms with van der Waals surface area (Å²) in [5.41, 5.74) is 0.974. The number of rotatable bonds is 4. The largest absolute Gasteiger partial charge is 0.378 e. The zero-order chi connectivity index (χ0) is 13.2. The molecule has 0 atom stereocenters. The minimum atomic E-state index is 0.409. The van der Waals surface area contributed by atoms with Gasteiger partial charge in [0.2, 0.25) is 0 Å². The summed E-state index contributed by atoms with van der Waals surface area (Å²) in [5.74, 6) is 0.890. The average molecular weight is 257 g/mol. The number of benzene rings is 1. The van der Waals surface area contributed by atoms with Gasteiger partial charge < -0.3 is 10.1 Å². The van der Waals surface area contributed by atoms with Crippen molar-refractivity contribution in [3.63, 3.8) is 0 Å². The second-order valence-electron chi connectivity index (χ2n) is 5.07. The van der Waals surface area contributed by atoms with Gasteiger partial charge in [-0.05, 0) is 26.7 Å². The first-order chi connectivity index (χ1) is 9.28. The van der Waals surface area contributed by atoms with E-state index in [1.807, 2.05) is 26.0 Å². The van der Waals surface area contributed by atoms with Gasteiger partial charge in [-0.25, -0.2) is 0 Å². The summed E-state index contributed by atoms with van der Waals surface area (Å²) in [7, 11) is 0. The van der Waals surface area contributed by atoms with E-state index in [0.717, 1.165) is 36.3 Å². The summed E-state index contributed by atoms with van der Waals surface area (Å²) in [6.45, 7) is 4.83. The van der Waals surface area contributed by atoms with E-state index in [9.17, 15) is 0 Å². The fourth-order valence-corrected chi connectivity index (χ4v) is 2.59. The Balaban J connectivity index is 1.77. The highest BCUT2D eigenvalue weighted by Crippen LogP contribution is 2.29. The van der Waals surface area contributed by atoms with E-state index in [2.05, 4.69) is 27.6 Å². The van der Waals surface area contributed by atoms with Gasteiger partial charge in [-0.1, -0.05) is 24.3 Å². The van der Waals surface area contributed by atoms with Gasteiger partial charge in [0, 0.05) is 23.4 Å². The van der Waals surface area contributed by atoms with Gasteiger partial charge in [-0.3, -0.25) is 0 Å². The molecule has 1 saturated carbocycles. The van der Waals surface area contributed by atoms with Crippen LogP contribution < -0.4 is 5.32 Å². The van der Waals surface area contributed by atoms with Crippen molar-refractivity contribution in [3.8, 4) is 0 Å². The van der Waals surface area contributed by atoms with E-state index in [0.29, 0.717) is 12.1 Å². The zero-order valence-electron chi connectivity index (χ0n) is 11.4. The van der Waals surface area contributed by atoms with Crippen molar-refractivity contribution in [2.24, 2.45) is 0 Å². The highest BCUT2D eigenvalue weighted by Gasteiger charge is 2.30. The Hall–Kier alpha value is -1.68. The lowest BCUT2D eigenvalue weighted by atomic mass is 9.89. The molecule has 0 saturated heterocycles. The van der Waals surface area contributed by atoms with Crippen LogP contribution in [0.3, 0.4) is 0 Å². The van der Waals surface area contributed by atoms with Crippen molar-refractivity contribution in [1.29, 1.82) is 0 Å². The lowest BCUT2D eigenvalue weighted by Gasteiger charge is -2.35. The molecule has 3 rings (SSSR count). The number of hydrogen-bond acceptors (Lipinski definition) is 4. The number of nitrogens with one attached hydrogen (secondary N) is 1. The molecule has 0 amide bonds. The van der Waals surface area contributed by atoms with Crippen LogP contribution in [0.15, 0.2) is 24.3 Å². The molecule has 2 aromatic rings. The Labute approximate surface area is 113 Å². The minimum Gasteiger partial charge on any atom is -0.378 e. The number of ether oxygens (including phenoxy) is 1. The molecule has 1 aromatic carbocycles. The number of nitrogens with zero attached hydrogens (tertiary/aromatic N) is 2. The topological polar surface area (TPSA) is 47.0 Å². The maximum Gasteiger partial charge on any atom is 0.156 e. The summed E-state index contributed by atoms with van der Waals surface area (Å²) in [5, 5.41) is 14.3. The maximum absolute atomic E-state index is 5.58. The first-order valence-corrected chi connectivity index (χ1v) is 6.88. The molecule has 100 valence electrons. The molecule has 0 spiro atoms. The lowest BCUT2D eigenvalue weighted by Crippen LogP contribution is -2.41. The summed E-state index contributed by atoms with van der Waals surface area (Å²) >= 11 is 0. The molecule has 0 bridgehead atoms. The quantitative estimate of drug-likeness (QED) is 0.914. The van der Waals surface area contributed by atoms with Crippen LogP contribution >= 0.6 is 0 Å². The number of aromatic nitrogens is 2. The van der Waals surface area contributed by atoms with Crippen molar-refractivity contribution >= 4 is 16.6 Å². The number of anilines is 1. The predicted molar refractivity (Wildman–Crippen MR) is 76.3 cm³/mol. The molecular weight excluding hydrogens is 238 g/mol. The first kappa shape index (κ1) is 12.4. The van der Waals surface area contributed by atoms with E-state index in [-0.39, 0.29) is 0 Å². The molecular formula is C15H19N3O. The van der Waals surface area contributed by atoms with E-state index in [1.54, 1.807) is 0 Å². The molecule has 19 heavy (non-hydrogen) atoms. The van der Waals surface area contributed by atoms with Gasteiger partial charge in [-0.15, -0.1) is 5.10 Å². The standard InChI is InChI=1S/C15H19N3O/c1-3-19-12-8-11(9-12)16-15-14-7-5-4-6-13(14)10(2)17-18-15/h4-7,11-12H,3,8-9H2,1-2H3,(H,16,18). The molecule has 1 N–H and O–H groups in total. The molecule has 1 fully saturated rings. The zero-order valence-corrected chi connectivity index (χ0v) is 11.4. The van der Waals surface area contributed by atoms with Crippen LogP contribution in [-0.2, 0) is 4.74 Å². The normalized spacial score (nSPS) is 22.2. The lowest BCUT2D eigenvalue weighted by molar-refractivity contribution is 0.00293. The number of fused-ring (bicyclic) bond motifs is 1. The van der Waals surface area contributed by atoms with Crippen molar-refractivity contribution in [2.45, 2.75) is 38.8 Å². The second kappa shape index (κ2) is 5.13. The average Bonchev–Trinajstić information content (AvgIpc) is 2.39. The second-order valence-corrected chi connectivity index (χ2v) is 5.07. The first-order valence-electron chi connectivity index (χ1n) is 6.88. The van der Waals surface area contributed by atoms with Crippen LogP contribution in [0, 0.1) is 6.92 Å². The van der Waals surface area contributed by atoms with E-state index in [1.165, 1.54) is 5.39 Å². The Bertz CT molecular complexity index is 579. The molecule has 1 aliphatic rings.